The number of aliphatic hydroxyl groups excluding tert-OH is 1. The SMILES string of the molecule is CCCCCCCCCCCCCCCCCCOC(=O)N(C)CCCC(O)OC. The zero-order valence-electron chi connectivity index (χ0n) is 20.3. The topological polar surface area (TPSA) is 59.0 Å². The van der Waals surface area contributed by atoms with Crippen molar-refractivity contribution >= 4 is 6.09 Å². The van der Waals surface area contributed by atoms with Crippen molar-refractivity contribution in [3.05, 3.63) is 0 Å². The number of hydrogen-bond donors (Lipinski definition) is 1. The molecule has 0 aromatic heterocycles. The summed E-state index contributed by atoms with van der Waals surface area (Å²) in [7, 11) is 3.20. The van der Waals surface area contributed by atoms with Gasteiger partial charge in [-0.1, -0.05) is 103 Å². The van der Waals surface area contributed by atoms with Crippen LogP contribution in [0.25, 0.3) is 0 Å². The lowest BCUT2D eigenvalue weighted by Crippen LogP contribution is -2.29. The van der Waals surface area contributed by atoms with Crippen LogP contribution in [-0.2, 0) is 9.47 Å². The molecule has 0 fully saturated rings. The predicted octanol–water partition coefficient (Wildman–Crippen LogP) is 7.06. The van der Waals surface area contributed by atoms with E-state index in [1.54, 1.807) is 11.9 Å². The molecular weight excluding hydrogens is 378 g/mol. The lowest BCUT2D eigenvalue weighted by molar-refractivity contribution is -0.0796. The molecule has 0 saturated heterocycles. The number of carbonyl (C=O) groups excluding carboxylic acids is 1. The summed E-state index contributed by atoms with van der Waals surface area (Å²) in [5, 5.41) is 9.32. The van der Waals surface area contributed by atoms with E-state index in [1.807, 2.05) is 0 Å². The molecule has 0 aliphatic heterocycles. The van der Waals surface area contributed by atoms with E-state index < -0.39 is 6.29 Å². The molecule has 0 saturated carbocycles. The number of carbonyl (C=O) groups is 1. The van der Waals surface area contributed by atoms with Crippen LogP contribution in [0.4, 0.5) is 4.79 Å². The molecule has 0 radical (unpaired) electrons. The average molecular weight is 430 g/mol. The summed E-state index contributed by atoms with van der Waals surface area (Å²) in [5.74, 6) is 0. The van der Waals surface area contributed by atoms with E-state index in [4.69, 9.17) is 9.47 Å². The van der Waals surface area contributed by atoms with Crippen LogP contribution >= 0.6 is 0 Å². The second-order valence-corrected chi connectivity index (χ2v) is 8.67. The van der Waals surface area contributed by atoms with Crippen molar-refractivity contribution in [1.82, 2.24) is 4.90 Å². The van der Waals surface area contributed by atoms with Gasteiger partial charge < -0.3 is 19.5 Å². The lowest BCUT2D eigenvalue weighted by Gasteiger charge is -2.17. The molecule has 180 valence electrons. The fraction of sp³-hybridized carbons (Fsp3) is 0.960. The minimum Gasteiger partial charge on any atom is -0.449 e. The number of ether oxygens (including phenoxy) is 2. The van der Waals surface area contributed by atoms with Gasteiger partial charge in [0.2, 0.25) is 0 Å². The maximum atomic E-state index is 11.9. The molecule has 0 aliphatic carbocycles. The molecule has 0 aromatic carbocycles. The van der Waals surface area contributed by atoms with E-state index in [0.717, 1.165) is 12.8 Å². The Bertz CT molecular complexity index is 365. The molecule has 5 heteroatoms. The highest BCUT2D eigenvalue weighted by Gasteiger charge is 2.10. The highest BCUT2D eigenvalue weighted by Crippen LogP contribution is 2.13. The van der Waals surface area contributed by atoms with Gasteiger partial charge in [-0.2, -0.15) is 0 Å². The molecule has 0 rings (SSSR count). The van der Waals surface area contributed by atoms with Crippen molar-refractivity contribution in [1.29, 1.82) is 0 Å². The second-order valence-electron chi connectivity index (χ2n) is 8.67. The van der Waals surface area contributed by atoms with E-state index in [1.165, 1.54) is 97.0 Å². The number of amides is 1. The fourth-order valence-electron chi connectivity index (χ4n) is 3.63. The largest absolute Gasteiger partial charge is 0.449 e. The van der Waals surface area contributed by atoms with Crippen molar-refractivity contribution in [2.24, 2.45) is 0 Å². The van der Waals surface area contributed by atoms with Gasteiger partial charge in [0, 0.05) is 20.7 Å². The predicted molar refractivity (Wildman–Crippen MR) is 126 cm³/mol. The standard InChI is InChI=1S/C25H51NO4/c1-4-5-6-7-8-9-10-11-12-13-14-15-16-17-18-19-23-30-25(28)26(2)22-20-21-24(27)29-3/h24,27H,4-23H2,1-3H3. The molecule has 0 heterocycles. The van der Waals surface area contributed by atoms with Crippen molar-refractivity contribution in [2.75, 3.05) is 27.3 Å². The summed E-state index contributed by atoms with van der Waals surface area (Å²) < 4.78 is 10.1. The van der Waals surface area contributed by atoms with Gasteiger partial charge in [-0.3, -0.25) is 0 Å². The molecular formula is C25H51NO4. The summed E-state index contributed by atoms with van der Waals surface area (Å²) in [4.78, 5) is 13.4. The first kappa shape index (κ1) is 29.2. The Hall–Kier alpha value is -0.810. The smallest absolute Gasteiger partial charge is 0.409 e. The van der Waals surface area contributed by atoms with Crippen molar-refractivity contribution < 1.29 is 19.4 Å². The van der Waals surface area contributed by atoms with E-state index in [9.17, 15) is 9.90 Å². The summed E-state index contributed by atoms with van der Waals surface area (Å²) in [6.45, 7) is 3.35. The Morgan fingerprint density at radius 2 is 1.20 bits per heavy atom. The molecule has 1 amide bonds. The number of hydrogen-bond acceptors (Lipinski definition) is 4. The highest BCUT2D eigenvalue weighted by molar-refractivity contribution is 5.67. The molecule has 0 aromatic rings. The molecule has 1 atom stereocenters. The molecule has 0 spiro atoms. The Labute approximate surface area is 186 Å². The quantitative estimate of drug-likeness (QED) is 0.148. The van der Waals surface area contributed by atoms with Gasteiger partial charge in [-0.25, -0.2) is 4.79 Å². The van der Waals surface area contributed by atoms with Crippen LogP contribution in [0.5, 0.6) is 0 Å². The van der Waals surface area contributed by atoms with Gasteiger partial charge in [0.1, 0.15) is 0 Å². The maximum Gasteiger partial charge on any atom is 0.409 e. The van der Waals surface area contributed by atoms with Crippen LogP contribution in [0, 0.1) is 0 Å². The third-order valence-corrected chi connectivity index (χ3v) is 5.75. The van der Waals surface area contributed by atoms with E-state index in [-0.39, 0.29) is 6.09 Å². The minimum absolute atomic E-state index is 0.275. The van der Waals surface area contributed by atoms with Crippen molar-refractivity contribution in [3.8, 4) is 0 Å². The summed E-state index contributed by atoms with van der Waals surface area (Å²) in [5.41, 5.74) is 0. The van der Waals surface area contributed by atoms with Crippen LogP contribution in [0.1, 0.15) is 122 Å². The summed E-state index contributed by atoms with van der Waals surface area (Å²) >= 11 is 0. The van der Waals surface area contributed by atoms with Gasteiger partial charge in [0.15, 0.2) is 6.29 Å². The third-order valence-electron chi connectivity index (χ3n) is 5.75. The molecule has 30 heavy (non-hydrogen) atoms. The van der Waals surface area contributed by atoms with Crippen LogP contribution in [0.3, 0.4) is 0 Å². The zero-order valence-corrected chi connectivity index (χ0v) is 20.3. The Morgan fingerprint density at radius 3 is 1.63 bits per heavy atom. The second kappa shape index (κ2) is 22.9. The first-order chi connectivity index (χ1) is 14.6. The molecule has 0 bridgehead atoms. The Kier molecular flexibility index (Phi) is 22.2. The third kappa shape index (κ3) is 20.5. The van der Waals surface area contributed by atoms with Crippen LogP contribution in [0.15, 0.2) is 0 Å². The Morgan fingerprint density at radius 1 is 0.767 bits per heavy atom. The van der Waals surface area contributed by atoms with Gasteiger partial charge in [0.25, 0.3) is 0 Å². The van der Waals surface area contributed by atoms with Gasteiger partial charge in [0.05, 0.1) is 6.61 Å². The lowest BCUT2D eigenvalue weighted by atomic mass is 10.0. The first-order valence-electron chi connectivity index (χ1n) is 12.7. The zero-order chi connectivity index (χ0) is 22.3. The number of nitrogens with zero attached hydrogens (tertiary/aromatic N) is 1. The van der Waals surface area contributed by atoms with Crippen molar-refractivity contribution in [3.63, 3.8) is 0 Å². The van der Waals surface area contributed by atoms with Crippen LogP contribution in [0.2, 0.25) is 0 Å². The van der Waals surface area contributed by atoms with E-state index in [2.05, 4.69) is 6.92 Å². The average Bonchev–Trinajstić information content (AvgIpc) is 2.75. The monoisotopic (exact) mass is 429 g/mol. The summed E-state index contributed by atoms with van der Waals surface area (Å²) in [6, 6.07) is 0. The van der Waals surface area contributed by atoms with Gasteiger partial charge in [-0.15, -0.1) is 0 Å². The van der Waals surface area contributed by atoms with Gasteiger partial charge in [-0.05, 0) is 19.3 Å². The highest BCUT2D eigenvalue weighted by atomic mass is 16.6. The van der Waals surface area contributed by atoms with E-state index >= 15 is 0 Å². The number of unbranched alkanes of at least 4 members (excludes halogenated alkanes) is 15. The summed E-state index contributed by atoms with van der Waals surface area (Å²) in [6.07, 6.45) is 21.6. The number of aliphatic hydroxyl groups is 1. The molecule has 0 aliphatic rings. The van der Waals surface area contributed by atoms with Gasteiger partial charge >= 0.3 is 6.09 Å². The fourth-order valence-corrected chi connectivity index (χ4v) is 3.63. The molecule has 1 N–H and O–H groups in total. The van der Waals surface area contributed by atoms with Crippen LogP contribution < -0.4 is 0 Å². The minimum atomic E-state index is -0.750. The van der Waals surface area contributed by atoms with E-state index in [0.29, 0.717) is 26.0 Å². The number of rotatable bonds is 22. The van der Waals surface area contributed by atoms with Crippen molar-refractivity contribution in [2.45, 2.75) is 129 Å². The molecule has 1 unspecified atom stereocenters. The number of methoxy groups -OCH3 is 1. The molecule has 5 nitrogen and oxygen atoms in total. The normalized spacial score (nSPS) is 12.1. The first-order valence-corrected chi connectivity index (χ1v) is 12.7. The van der Waals surface area contributed by atoms with Crippen LogP contribution in [-0.4, -0.2) is 49.7 Å². The maximum absolute atomic E-state index is 11.9. The Balaban J connectivity index is 3.26.